The lowest BCUT2D eigenvalue weighted by Crippen LogP contribution is -2.21. The number of hydrogen-bond donors (Lipinski definition) is 0. The molecule has 1 heterocycles. The molecule has 3 heteroatoms. The molecular formula is C5H8O2S. The van der Waals surface area contributed by atoms with E-state index in [1.165, 1.54) is 0 Å². The van der Waals surface area contributed by atoms with Gasteiger partial charge in [-0.25, -0.2) is 0 Å². The average Bonchev–Trinajstić information content (AvgIpc) is 1.82. The largest absolute Gasteiger partial charge is 0.453 e. The van der Waals surface area contributed by atoms with Crippen LogP contribution in [0.1, 0.15) is 13.8 Å². The van der Waals surface area contributed by atoms with Crippen LogP contribution in [0.15, 0.2) is 0 Å². The molecule has 0 saturated carbocycles. The first-order chi connectivity index (χ1) is 3.60. The van der Waals surface area contributed by atoms with E-state index in [4.69, 9.17) is 9.47 Å². The van der Waals surface area contributed by atoms with Crippen LogP contribution in [0.2, 0.25) is 0 Å². The van der Waals surface area contributed by atoms with Gasteiger partial charge >= 0.3 is 5.24 Å². The van der Waals surface area contributed by atoms with Crippen molar-refractivity contribution in [3.63, 3.8) is 0 Å². The summed E-state index contributed by atoms with van der Waals surface area (Å²) in [7, 11) is 0. The van der Waals surface area contributed by atoms with E-state index in [0.29, 0.717) is 6.61 Å². The third-order valence-electron chi connectivity index (χ3n) is 0.897. The van der Waals surface area contributed by atoms with Crippen LogP contribution < -0.4 is 0 Å². The molecule has 0 atom stereocenters. The van der Waals surface area contributed by atoms with Crippen molar-refractivity contribution in [1.29, 1.82) is 0 Å². The summed E-state index contributed by atoms with van der Waals surface area (Å²) in [5, 5.41) is 0.273. The number of rotatable bonds is 0. The third-order valence-corrected chi connectivity index (χ3v) is 1.10. The number of hydrogen-bond acceptors (Lipinski definition) is 3. The molecule has 46 valence electrons. The maximum atomic E-state index is 5.06. The Bertz CT molecular complexity index is 120. The summed E-state index contributed by atoms with van der Waals surface area (Å²) >= 11 is 4.62. The van der Waals surface area contributed by atoms with Gasteiger partial charge in [-0.15, -0.1) is 0 Å². The van der Waals surface area contributed by atoms with E-state index in [9.17, 15) is 0 Å². The second-order valence-electron chi connectivity index (χ2n) is 2.40. The lowest BCUT2D eigenvalue weighted by atomic mass is 10.2. The lowest BCUT2D eigenvalue weighted by molar-refractivity contribution is 0.132. The molecule has 2 nitrogen and oxygen atoms in total. The Balaban J connectivity index is 2.56. The van der Waals surface area contributed by atoms with Crippen LogP contribution in [-0.2, 0) is 9.47 Å². The molecule has 1 aliphatic heterocycles. The van der Waals surface area contributed by atoms with Crippen molar-refractivity contribution < 1.29 is 9.47 Å². The molecule has 0 aromatic heterocycles. The van der Waals surface area contributed by atoms with E-state index in [2.05, 4.69) is 12.2 Å². The molecule has 0 N–H and O–H groups in total. The predicted octanol–water partition coefficient (Wildman–Crippen LogP) is 1.10. The van der Waals surface area contributed by atoms with Crippen LogP contribution in [0.5, 0.6) is 0 Å². The standard InChI is InChI=1S/C5H8O2S/c1-5(2)3-6-4(8)7-5/h3H2,1-2H3. The van der Waals surface area contributed by atoms with Gasteiger partial charge in [0.25, 0.3) is 0 Å². The van der Waals surface area contributed by atoms with Crippen LogP contribution in [0.25, 0.3) is 0 Å². The lowest BCUT2D eigenvalue weighted by Gasteiger charge is -2.10. The normalized spacial score (nSPS) is 24.5. The summed E-state index contributed by atoms with van der Waals surface area (Å²) in [4.78, 5) is 0. The van der Waals surface area contributed by atoms with Gasteiger partial charge in [0.05, 0.1) is 0 Å². The minimum absolute atomic E-state index is 0.197. The zero-order valence-electron chi connectivity index (χ0n) is 4.93. The van der Waals surface area contributed by atoms with Crippen molar-refractivity contribution in [2.75, 3.05) is 6.61 Å². The summed E-state index contributed by atoms with van der Waals surface area (Å²) in [6.45, 7) is 4.45. The summed E-state index contributed by atoms with van der Waals surface area (Å²) in [5.41, 5.74) is -0.197. The highest BCUT2D eigenvalue weighted by Gasteiger charge is 2.29. The molecule has 1 rings (SSSR count). The Labute approximate surface area is 53.8 Å². The molecule has 0 unspecified atom stereocenters. The Morgan fingerprint density at radius 3 is 2.38 bits per heavy atom. The smallest absolute Gasteiger partial charge is 0.353 e. The van der Waals surface area contributed by atoms with Gasteiger partial charge in [0.15, 0.2) is 0 Å². The molecular weight excluding hydrogens is 124 g/mol. The second kappa shape index (κ2) is 1.58. The summed E-state index contributed by atoms with van der Waals surface area (Å²) in [5.74, 6) is 0. The molecule has 0 aromatic rings. The molecule has 0 amide bonds. The highest BCUT2D eigenvalue weighted by Crippen LogP contribution is 2.17. The van der Waals surface area contributed by atoms with Gasteiger partial charge in [0, 0.05) is 12.2 Å². The van der Waals surface area contributed by atoms with E-state index in [-0.39, 0.29) is 10.8 Å². The molecule has 1 saturated heterocycles. The van der Waals surface area contributed by atoms with Crippen molar-refractivity contribution >= 4 is 17.5 Å². The fraction of sp³-hybridized carbons (Fsp3) is 0.800. The molecule has 0 aliphatic carbocycles. The Kier molecular flexibility index (Phi) is 1.15. The molecule has 0 aromatic carbocycles. The van der Waals surface area contributed by atoms with Crippen LogP contribution in [0.3, 0.4) is 0 Å². The molecule has 0 bridgehead atoms. The fourth-order valence-electron chi connectivity index (χ4n) is 0.517. The van der Waals surface area contributed by atoms with E-state index in [1.54, 1.807) is 0 Å². The zero-order valence-corrected chi connectivity index (χ0v) is 5.75. The average molecular weight is 132 g/mol. The summed E-state index contributed by atoms with van der Waals surface area (Å²) < 4.78 is 9.94. The maximum absolute atomic E-state index is 5.06. The van der Waals surface area contributed by atoms with Crippen molar-refractivity contribution in [2.24, 2.45) is 0 Å². The van der Waals surface area contributed by atoms with Crippen molar-refractivity contribution in [3.05, 3.63) is 0 Å². The van der Waals surface area contributed by atoms with Gasteiger partial charge in [0.1, 0.15) is 12.2 Å². The molecule has 0 spiro atoms. The second-order valence-corrected chi connectivity index (χ2v) is 2.73. The zero-order chi connectivity index (χ0) is 6.20. The maximum Gasteiger partial charge on any atom is 0.353 e. The van der Waals surface area contributed by atoms with Crippen molar-refractivity contribution in [1.82, 2.24) is 0 Å². The van der Waals surface area contributed by atoms with E-state index >= 15 is 0 Å². The molecule has 8 heavy (non-hydrogen) atoms. The first-order valence-corrected chi connectivity index (χ1v) is 2.87. The van der Waals surface area contributed by atoms with Gasteiger partial charge in [-0.2, -0.15) is 0 Å². The molecule has 1 fully saturated rings. The topological polar surface area (TPSA) is 18.5 Å². The Hall–Kier alpha value is -0.310. The van der Waals surface area contributed by atoms with Gasteiger partial charge < -0.3 is 9.47 Å². The SMILES string of the molecule is CC1(C)COC(=S)O1. The van der Waals surface area contributed by atoms with E-state index in [1.807, 2.05) is 13.8 Å². The highest BCUT2D eigenvalue weighted by atomic mass is 32.1. The van der Waals surface area contributed by atoms with Crippen LogP contribution in [0, 0.1) is 0 Å². The third kappa shape index (κ3) is 1.10. The Morgan fingerprint density at radius 1 is 1.62 bits per heavy atom. The minimum atomic E-state index is -0.197. The van der Waals surface area contributed by atoms with Crippen LogP contribution in [0.4, 0.5) is 0 Å². The molecule has 1 aliphatic rings. The predicted molar refractivity (Wildman–Crippen MR) is 33.7 cm³/mol. The highest BCUT2D eigenvalue weighted by molar-refractivity contribution is 7.79. The van der Waals surface area contributed by atoms with Gasteiger partial charge in [-0.05, 0) is 13.8 Å². The Morgan fingerprint density at radius 2 is 2.25 bits per heavy atom. The number of ether oxygens (including phenoxy) is 2. The molecule has 0 radical (unpaired) electrons. The summed E-state index contributed by atoms with van der Waals surface area (Å²) in [6, 6.07) is 0. The van der Waals surface area contributed by atoms with E-state index in [0.717, 1.165) is 0 Å². The van der Waals surface area contributed by atoms with Crippen molar-refractivity contribution in [2.45, 2.75) is 19.4 Å². The van der Waals surface area contributed by atoms with E-state index < -0.39 is 0 Å². The van der Waals surface area contributed by atoms with Crippen LogP contribution in [-0.4, -0.2) is 17.4 Å². The van der Waals surface area contributed by atoms with Gasteiger partial charge in [0.2, 0.25) is 0 Å². The van der Waals surface area contributed by atoms with Gasteiger partial charge in [-0.1, -0.05) is 0 Å². The van der Waals surface area contributed by atoms with Gasteiger partial charge in [-0.3, -0.25) is 0 Å². The fourth-order valence-corrected chi connectivity index (χ4v) is 0.802. The minimum Gasteiger partial charge on any atom is -0.453 e. The number of thiocarbonyl (C=S) groups is 1. The first-order valence-electron chi connectivity index (χ1n) is 2.46. The summed E-state index contributed by atoms with van der Waals surface area (Å²) in [6.07, 6.45) is 0. The van der Waals surface area contributed by atoms with Crippen molar-refractivity contribution in [3.8, 4) is 0 Å². The first kappa shape index (κ1) is 5.82. The monoisotopic (exact) mass is 132 g/mol. The quantitative estimate of drug-likeness (QED) is 0.460. The van der Waals surface area contributed by atoms with Crippen LogP contribution >= 0.6 is 12.2 Å².